The maximum Gasteiger partial charge on any atom is 0.261 e. The fourth-order valence-corrected chi connectivity index (χ4v) is 9.13. The molecular formula is C25H34O3Si. The SMILES string of the molecule is CC(C)(C)[Si](O[C@@H]1CCCO[C@H]1C/C=C/CO)(c1ccccc1)c1ccccc1. The van der Waals surface area contributed by atoms with Gasteiger partial charge in [0.2, 0.25) is 0 Å². The largest absolute Gasteiger partial charge is 0.402 e. The number of aliphatic hydroxyl groups is 1. The minimum atomic E-state index is -2.58. The van der Waals surface area contributed by atoms with Crippen molar-refractivity contribution >= 4 is 18.7 Å². The van der Waals surface area contributed by atoms with Crippen LogP contribution in [0.15, 0.2) is 72.8 Å². The van der Waals surface area contributed by atoms with Gasteiger partial charge in [0.05, 0.1) is 18.8 Å². The number of rotatable bonds is 7. The van der Waals surface area contributed by atoms with E-state index in [4.69, 9.17) is 14.3 Å². The van der Waals surface area contributed by atoms with Crippen molar-refractivity contribution in [2.45, 2.75) is 57.3 Å². The summed E-state index contributed by atoms with van der Waals surface area (Å²) in [5.74, 6) is 0. The zero-order chi connectivity index (χ0) is 20.7. The second-order valence-electron chi connectivity index (χ2n) is 8.76. The van der Waals surface area contributed by atoms with Crippen molar-refractivity contribution in [2.75, 3.05) is 13.2 Å². The first kappa shape index (κ1) is 22.0. The van der Waals surface area contributed by atoms with Crippen molar-refractivity contribution in [3.63, 3.8) is 0 Å². The van der Waals surface area contributed by atoms with Crippen molar-refractivity contribution in [1.29, 1.82) is 0 Å². The molecule has 0 aliphatic carbocycles. The highest BCUT2D eigenvalue weighted by Gasteiger charge is 2.52. The van der Waals surface area contributed by atoms with Gasteiger partial charge in [-0.15, -0.1) is 0 Å². The van der Waals surface area contributed by atoms with Crippen LogP contribution in [-0.4, -0.2) is 38.8 Å². The summed E-state index contributed by atoms with van der Waals surface area (Å²) in [5, 5.41) is 11.7. The van der Waals surface area contributed by atoms with Crippen LogP contribution in [0.1, 0.15) is 40.0 Å². The Balaban J connectivity index is 2.06. The standard InChI is InChI=1S/C25H34O3Si/c1-25(2,3)29(21-13-6-4-7-14-21,22-15-8-5-9-16-22)28-24-18-12-20-27-23(24)17-10-11-19-26/h4-11,13-16,23-24,26H,12,17-20H2,1-3H3/b11-10+/t23-,24+/m0/s1. The average molecular weight is 411 g/mol. The Hall–Kier alpha value is -1.72. The normalized spacial score (nSPS) is 20.8. The van der Waals surface area contributed by atoms with Crippen molar-refractivity contribution in [3.05, 3.63) is 72.8 Å². The molecule has 0 bridgehead atoms. The van der Waals surface area contributed by atoms with E-state index in [-0.39, 0.29) is 23.9 Å². The van der Waals surface area contributed by atoms with Crippen LogP contribution in [0.25, 0.3) is 0 Å². The van der Waals surface area contributed by atoms with E-state index in [2.05, 4.69) is 81.4 Å². The maximum atomic E-state index is 9.10. The van der Waals surface area contributed by atoms with E-state index in [9.17, 15) is 0 Å². The van der Waals surface area contributed by atoms with Gasteiger partial charge in [0.1, 0.15) is 0 Å². The van der Waals surface area contributed by atoms with Crippen molar-refractivity contribution in [1.82, 2.24) is 0 Å². The third kappa shape index (κ3) is 4.89. The summed E-state index contributed by atoms with van der Waals surface area (Å²) in [6.45, 7) is 7.77. The van der Waals surface area contributed by atoms with Crippen LogP contribution in [0.2, 0.25) is 5.04 Å². The molecule has 1 heterocycles. The molecule has 3 nitrogen and oxygen atoms in total. The molecule has 0 unspecified atom stereocenters. The van der Waals surface area contributed by atoms with Crippen LogP contribution in [0, 0.1) is 0 Å². The fraction of sp³-hybridized carbons (Fsp3) is 0.440. The molecule has 1 N–H and O–H groups in total. The van der Waals surface area contributed by atoms with Crippen LogP contribution in [0.3, 0.4) is 0 Å². The molecule has 1 aliphatic heterocycles. The molecule has 4 heteroatoms. The summed E-state index contributed by atoms with van der Waals surface area (Å²) < 4.78 is 13.4. The smallest absolute Gasteiger partial charge is 0.261 e. The fourth-order valence-electron chi connectivity index (χ4n) is 4.39. The lowest BCUT2D eigenvalue weighted by Gasteiger charge is -2.47. The predicted molar refractivity (Wildman–Crippen MR) is 122 cm³/mol. The summed E-state index contributed by atoms with van der Waals surface area (Å²) in [5.41, 5.74) is 0. The molecule has 3 rings (SSSR count). The molecule has 0 amide bonds. The zero-order valence-electron chi connectivity index (χ0n) is 17.9. The van der Waals surface area contributed by atoms with E-state index >= 15 is 0 Å². The highest BCUT2D eigenvalue weighted by atomic mass is 28.4. The molecule has 0 saturated carbocycles. The van der Waals surface area contributed by atoms with Gasteiger partial charge in [-0.05, 0) is 34.7 Å². The Bertz CT molecular complexity index is 728. The molecule has 2 aromatic rings. The van der Waals surface area contributed by atoms with Crippen LogP contribution in [0.4, 0.5) is 0 Å². The molecule has 2 aromatic carbocycles. The molecule has 29 heavy (non-hydrogen) atoms. The number of benzene rings is 2. The lowest BCUT2D eigenvalue weighted by molar-refractivity contribution is -0.0640. The zero-order valence-corrected chi connectivity index (χ0v) is 18.9. The third-order valence-corrected chi connectivity index (χ3v) is 10.8. The summed E-state index contributed by atoms with van der Waals surface area (Å²) in [7, 11) is -2.58. The molecule has 156 valence electrons. The Morgan fingerprint density at radius 2 is 1.59 bits per heavy atom. The van der Waals surface area contributed by atoms with Gasteiger partial charge >= 0.3 is 0 Å². The van der Waals surface area contributed by atoms with E-state index in [0.29, 0.717) is 0 Å². The molecule has 1 fully saturated rings. The lowest BCUT2D eigenvalue weighted by atomic mass is 10.0. The molecule has 0 spiro atoms. The predicted octanol–water partition coefficient (Wildman–Crippen LogP) is 4.05. The van der Waals surface area contributed by atoms with Crippen molar-refractivity contribution < 1.29 is 14.3 Å². The van der Waals surface area contributed by atoms with Crippen molar-refractivity contribution in [2.24, 2.45) is 0 Å². The van der Waals surface area contributed by atoms with Gasteiger partial charge in [-0.25, -0.2) is 0 Å². The summed E-state index contributed by atoms with van der Waals surface area (Å²) >= 11 is 0. The van der Waals surface area contributed by atoms with E-state index < -0.39 is 8.32 Å². The van der Waals surface area contributed by atoms with Crippen LogP contribution in [0.5, 0.6) is 0 Å². The second-order valence-corrected chi connectivity index (χ2v) is 13.0. The van der Waals surface area contributed by atoms with Gasteiger partial charge in [-0.2, -0.15) is 0 Å². The first-order chi connectivity index (χ1) is 14.0. The molecule has 0 aromatic heterocycles. The second kappa shape index (κ2) is 9.85. The first-order valence-corrected chi connectivity index (χ1v) is 12.6. The summed E-state index contributed by atoms with van der Waals surface area (Å²) in [6.07, 6.45) is 6.65. The topological polar surface area (TPSA) is 38.7 Å². The van der Waals surface area contributed by atoms with E-state index in [0.717, 1.165) is 25.9 Å². The average Bonchev–Trinajstić information content (AvgIpc) is 2.73. The monoisotopic (exact) mass is 410 g/mol. The lowest BCUT2D eigenvalue weighted by Crippen LogP contribution is -2.68. The van der Waals surface area contributed by atoms with Crippen LogP contribution in [-0.2, 0) is 9.16 Å². The molecule has 0 radical (unpaired) electrons. The Kier molecular flexibility index (Phi) is 7.47. The minimum Gasteiger partial charge on any atom is -0.402 e. The number of aliphatic hydroxyl groups excluding tert-OH is 1. The number of ether oxygens (including phenoxy) is 1. The Morgan fingerprint density at radius 1 is 1.00 bits per heavy atom. The van der Waals surface area contributed by atoms with E-state index in [1.807, 2.05) is 6.08 Å². The van der Waals surface area contributed by atoms with Gasteiger partial charge in [-0.3, -0.25) is 0 Å². The minimum absolute atomic E-state index is 0.0215. The molecular weight excluding hydrogens is 376 g/mol. The van der Waals surface area contributed by atoms with Crippen LogP contribution < -0.4 is 10.4 Å². The molecule has 1 saturated heterocycles. The van der Waals surface area contributed by atoms with Gasteiger partial charge in [-0.1, -0.05) is 93.6 Å². The molecule has 1 aliphatic rings. The van der Waals surface area contributed by atoms with Gasteiger partial charge in [0, 0.05) is 6.61 Å². The number of hydrogen-bond acceptors (Lipinski definition) is 3. The Morgan fingerprint density at radius 3 is 2.10 bits per heavy atom. The highest BCUT2D eigenvalue weighted by Crippen LogP contribution is 2.39. The third-order valence-electron chi connectivity index (χ3n) is 5.77. The van der Waals surface area contributed by atoms with Gasteiger partial charge < -0.3 is 14.3 Å². The summed E-state index contributed by atoms with van der Waals surface area (Å²) in [4.78, 5) is 0. The van der Waals surface area contributed by atoms with Crippen molar-refractivity contribution in [3.8, 4) is 0 Å². The van der Waals surface area contributed by atoms with Gasteiger partial charge in [0.25, 0.3) is 8.32 Å². The maximum absolute atomic E-state index is 9.10. The van der Waals surface area contributed by atoms with E-state index in [1.165, 1.54) is 10.4 Å². The van der Waals surface area contributed by atoms with Gasteiger partial charge in [0.15, 0.2) is 0 Å². The van der Waals surface area contributed by atoms with Crippen LogP contribution >= 0.6 is 0 Å². The first-order valence-electron chi connectivity index (χ1n) is 10.7. The number of hydrogen-bond donors (Lipinski definition) is 1. The quantitative estimate of drug-likeness (QED) is 0.553. The Labute approximate surface area is 176 Å². The summed E-state index contributed by atoms with van der Waals surface area (Å²) in [6, 6.07) is 21.5. The molecule has 2 atom stereocenters. The highest BCUT2D eigenvalue weighted by molar-refractivity contribution is 6.99. The van der Waals surface area contributed by atoms with E-state index in [1.54, 1.807) is 6.08 Å².